The summed E-state index contributed by atoms with van der Waals surface area (Å²) in [6.07, 6.45) is 2.88. The van der Waals surface area contributed by atoms with E-state index in [1.165, 1.54) is 6.92 Å². The van der Waals surface area contributed by atoms with Gasteiger partial charge in [0.15, 0.2) is 0 Å². The summed E-state index contributed by atoms with van der Waals surface area (Å²) in [4.78, 5) is 31.2. The van der Waals surface area contributed by atoms with E-state index in [9.17, 15) is 20.0 Å². The van der Waals surface area contributed by atoms with E-state index in [2.05, 4.69) is 16.5 Å². The van der Waals surface area contributed by atoms with Gasteiger partial charge in [0.2, 0.25) is 0 Å². The fourth-order valence-electron chi connectivity index (χ4n) is 3.89. The van der Waals surface area contributed by atoms with E-state index >= 15 is 0 Å². The van der Waals surface area contributed by atoms with Crippen molar-refractivity contribution in [3.8, 4) is 5.88 Å². The molecule has 9 nitrogen and oxygen atoms in total. The van der Waals surface area contributed by atoms with Gasteiger partial charge in [-0.1, -0.05) is 6.08 Å². The second-order valence-corrected chi connectivity index (χ2v) is 9.14. The van der Waals surface area contributed by atoms with Gasteiger partial charge < -0.3 is 14.6 Å². The lowest BCUT2D eigenvalue weighted by Crippen LogP contribution is -2.35. The molecule has 172 valence electrons. The number of rotatable bonds is 9. The molecule has 1 aromatic heterocycles. The first-order chi connectivity index (χ1) is 14.5. The summed E-state index contributed by atoms with van der Waals surface area (Å²) in [6.45, 7) is 12.4. The zero-order valence-corrected chi connectivity index (χ0v) is 19.0. The molecule has 9 heteroatoms. The molecule has 1 heterocycles. The monoisotopic (exact) mass is 435 g/mol. The van der Waals surface area contributed by atoms with E-state index in [1.807, 2.05) is 0 Å². The molecule has 0 aliphatic heterocycles. The summed E-state index contributed by atoms with van der Waals surface area (Å²) in [5.74, 6) is -0.281. The molecule has 0 aromatic carbocycles. The Morgan fingerprint density at radius 3 is 2.55 bits per heavy atom. The number of aryl methyl sites for hydroxylation is 2. The standard InChI is InChI=1S/C22H33N3O6/c1-7-8-9-15-12-16(10-11-30-21(27)22(4,5)6)19(18(15)26)31-20-17(25(28)29)13(2)23-14(3)24-20/h7,15-16,18-19,26H,1,8-12H2,2-6H3/t15-,16-,18-,19+/m0/s1. The van der Waals surface area contributed by atoms with E-state index in [0.29, 0.717) is 18.7 Å². The quantitative estimate of drug-likeness (QED) is 0.269. The van der Waals surface area contributed by atoms with Gasteiger partial charge in [0.1, 0.15) is 17.6 Å². The first kappa shape index (κ1) is 24.7. The smallest absolute Gasteiger partial charge is 0.351 e. The number of ether oxygens (including phenoxy) is 2. The lowest BCUT2D eigenvalue weighted by Gasteiger charge is -2.24. The summed E-state index contributed by atoms with van der Waals surface area (Å²) < 4.78 is 11.4. The van der Waals surface area contributed by atoms with Crippen LogP contribution in [0.15, 0.2) is 12.7 Å². The summed E-state index contributed by atoms with van der Waals surface area (Å²) in [7, 11) is 0. The molecule has 0 bridgehead atoms. The van der Waals surface area contributed by atoms with E-state index in [-0.39, 0.29) is 41.7 Å². The highest BCUT2D eigenvalue weighted by Crippen LogP contribution is 2.40. The predicted octanol–water partition coefficient (Wildman–Crippen LogP) is 3.69. The van der Waals surface area contributed by atoms with Crippen molar-refractivity contribution in [1.29, 1.82) is 0 Å². The lowest BCUT2D eigenvalue weighted by atomic mass is 9.97. The van der Waals surface area contributed by atoms with E-state index in [4.69, 9.17) is 9.47 Å². The molecule has 0 unspecified atom stereocenters. The average molecular weight is 436 g/mol. The number of hydrogen-bond donors (Lipinski definition) is 1. The van der Waals surface area contributed by atoms with Gasteiger partial charge in [0, 0.05) is 5.92 Å². The molecule has 1 fully saturated rings. The van der Waals surface area contributed by atoms with Crippen molar-refractivity contribution in [2.45, 2.75) is 72.5 Å². The first-order valence-corrected chi connectivity index (χ1v) is 10.6. The Balaban J connectivity index is 2.23. The number of nitro groups is 1. The van der Waals surface area contributed by atoms with Crippen molar-refractivity contribution < 1.29 is 24.3 Å². The summed E-state index contributed by atoms with van der Waals surface area (Å²) in [5.41, 5.74) is -0.696. The molecule has 1 N–H and O–H groups in total. The molecule has 1 aliphatic rings. The molecule has 1 aliphatic carbocycles. The number of aliphatic hydroxyl groups excluding tert-OH is 1. The van der Waals surface area contributed by atoms with Crippen LogP contribution in [0.25, 0.3) is 0 Å². The largest absolute Gasteiger partial charge is 0.466 e. The fraction of sp³-hybridized carbons (Fsp3) is 0.682. The minimum atomic E-state index is -0.821. The van der Waals surface area contributed by atoms with Crippen molar-refractivity contribution >= 4 is 11.7 Å². The Labute approximate surface area is 183 Å². The molecule has 0 spiro atoms. The minimum absolute atomic E-state index is 0.0468. The molecule has 0 amide bonds. The highest BCUT2D eigenvalue weighted by molar-refractivity contribution is 5.75. The van der Waals surface area contributed by atoms with Gasteiger partial charge in [0.05, 0.1) is 23.0 Å². The van der Waals surface area contributed by atoms with Crippen LogP contribution < -0.4 is 4.74 Å². The molecule has 1 saturated carbocycles. The van der Waals surface area contributed by atoms with Crippen LogP contribution in [0, 0.1) is 41.2 Å². The Morgan fingerprint density at radius 1 is 1.29 bits per heavy atom. The maximum atomic E-state index is 12.1. The van der Waals surface area contributed by atoms with Gasteiger partial charge in [-0.15, -0.1) is 6.58 Å². The average Bonchev–Trinajstić information content (AvgIpc) is 2.93. The maximum absolute atomic E-state index is 12.1. The van der Waals surface area contributed by atoms with E-state index < -0.39 is 22.5 Å². The zero-order chi connectivity index (χ0) is 23.3. The van der Waals surface area contributed by atoms with Crippen LogP contribution in [0.1, 0.15) is 58.0 Å². The van der Waals surface area contributed by atoms with Crippen molar-refractivity contribution in [1.82, 2.24) is 9.97 Å². The molecule has 4 atom stereocenters. The third kappa shape index (κ3) is 6.22. The lowest BCUT2D eigenvalue weighted by molar-refractivity contribution is -0.387. The van der Waals surface area contributed by atoms with Crippen LogP contribution in [0.5, 0.6) is 5.88 Å². The van der Waals surface area contributed by atoms with Crippen LogP contribution in [-0.2, 0) is 9.53 Å². The predicted molar refractivity (Wildman–Crippen MR) is 115 cm³/mol. The van der Waals surface area contributed by atoms with Crippen molar-refractivity contribution in [3.05, 3.63) is 34.3 Å². The number of esters is 1. The van der Waals surface area contributed by atoms with Gasteiger partial charge in [-0.25, -0.2) is 4.98 Å². The summed E-state index contributed by atoms with van der Waals surface area (Å²) in [5, 5.41) is 22.5. The molecule has 0 saturated heterocycles. The summed E-state index contributed by atoms with van der Waals surface area (Å²) >= 11 is 0. The molecule has 1 aromatic rings. The third-order valence-corrected chi connectivity index (χ3v) is 5.53. The number of carbonyl (C=O) groups excluding carboxylic acids is 1. The zero-order valence-electron chi connectivity index (χ0n) is 19.0. The van der Waals surface area contributed by atoms with Gasteiger partial charge in [0.25, 0.3) is 5.88 Å². The molecular formula is C22H33N3O6. The second kappa shape index (κ2) is 10.2. The normalized spacial score (nSPS) is 23.4. The highest BCUT2D eigenvalue weighted by Gasteiger charge is 2.44. The van der Waals surface area contributed by atoms with E-state index in [0.717, 1.165) is 12.8 Å². The molecule has 0 radical (unpaired) electrons. The Morgan fingerprint density at radius 2 is 1.97 bits per heavy atom. The van der Waals surface area contributed by atoms with Gasteiger partial charge >= 0.3 is 11.7 Å². The topological polar surface area (TPSA) is 125 Å². The SMILES string of the molecule is C=CCC[C@H]1C[C@H](CCOC(=O)C(C)(C)C)[C@@H](Oc2nc(C)nc(C)c2[N+](=O)[O-])[C@H]1O. The number of nitrogens with zero attached hydrogens (tertiary/aromatic N) is 3. The molecule has 31 heavy (non-hydrogen) atoms. The van der Waals surface area contributed by atoms with Gasteiger partial charge in [-0.3, -0.25) is 14.9 Å². The number of carbonyl (C=O) groups is 1. The van der Waals surface area contributed by atoms with Gasteiger partial charge in [-0.05, 0) is 66.2 Å². The minimum Gasteiger partial charge on any atom is -0.466 e. The van der Waals surface area contributed by atoms with Crippen molar-refractivity contribution in [3.63, 3.8) is 0 Å². The van der Waals surface area contributed by atoms with Gasteiger partial charge in [-0.2, -0.15) is 4.98 Å². The highest BCUT2D eigenvalue weighted by atomic mass is 16.6. The molecular weight excluding hydrogens is 402 g/mol. The summed E-state index contributed by atoms with van der Waals surface area (Å²) in [6, 6.07) is 0. The number of aliphatic hydroxyl groups is 1. The molecule has 2 rings (SSSR count). The van der Waals surface area contributed by atoms with Crippen molar-refractivity contribution in [2.75, 3.05) is 6.61 Å². The number of hydrogen-bond acceptors (Lipinski definition) is 8. The maximum Gasteiger partial charge on any atom is 0.351 e. The Kier molecular flexibility index (Phi) is 8.11. The fourth-order valence-corrected chi connectivity index (χ4v) is 3.89. The van der Waals surface area contributed by atoms with Crippen LogP contribution in [0.4, 0.5) is 5.69 Å². The number of aromatic nitrogens is 2. The second-order valence-electron chi connectivity index (χ2n) is 9.14. The van der Waals surface area contributed by atoms with Crippen LogP contribution in [0.3, 0.4) is 0 Å². The Hall–Kier alpha value is -2.55. The number of allylic oxidation sites excluding steroid dienone is 1. The Bertz CT molecular complexity index is 820. The van der Waals surface area contributed by atoms with Crippen LogP contribution >= 0.6 is 0 Å². The van der Waals surface area contributed by atoms with Crippen molar-refractivity contribution in [2.24, 2.45) is 17.3 Å². The van der Waals surface area contributed by atoms with E-state index in [1.54, 1.807) is 33.8 Å². The van der Waals surface area contributed by atoms with Crippen LogP contribution in [0.2, 0.25) is 0 Å². The third-order valence-electron chi connectivity index (χ3n) is 5.53. The first-order valence-electron chi connectivity index (χ1n) is 10.6. The van der Waals surface area contributed by atoms with Crippen LogP contribution in [-0.4, -0.2) is 44.8 Å².